The third-order valence-corrected chi connectivity index (χ3v) is 3.22. The first-order valence-corrected chi connectivity index (χ1v) is 6.15. The van der Waals surface area contributed by atoms with Crippen LogP contribution in [0.2, 0.25) is 0 Å². The van der Waals surface area contributed by atoms with E-state index in [1.165, 1.54) is 19.2 Å². The van der Waals surface area contributed by atoms with E-state index in [2.05, 4.69) is 4.98 Å². The highest BCUT2D eigenvalue weighted by atomic mass is 19.1. The van der Waals surface area contributed by atoms with Gasteiger partial charge in [0, 0.05) is 16.6 Å². The Kier molecular flexibility index (Phi) is 2.99. The Morgan fingerprint density at radius 2 is 1.90 bits per heavy atom. The molecular weight excluding hydrogens is 257 g/mol. The lowest BCUT2D eigenvalue weighted by molar-refractivity contribution is 0.0603. The van der Waals surface area contributed by atoms with Crippen molar-refractivity contribution in [3.63, 3.8) is 0 Å². The highest BCUT2D eigenvalue weighted by molar-refractivity contribution is 6.05. The van der Waals surface area contributed by atoms with E-state index in [9.17, 15) is 9.18 Å². The molecule has 2 aromatic carbocycles. The van der Waals surface area contributed by atoms with E-state index in [1.807, 2.05) is 12.1 Å². The molecule has 0 aliphatic rings. The average molecular weight is 269 g/mol. The molecule has 0 fully saturated rings. The maximum absolute atomic E-state index is 13.0. The normalized spacial score (nSPS) is 10.7. The van der Waals surface area contributed by atoms with Gasteiger partial charge < -0.3 is 9.72 Å². The van der Waals surface area contributed by atoms with E-state index in [1.54, 1.807) is 24.3 Å². The summed E-state index contributed by atoms with van der Waals surface area (Å²) in [6.45, 7) is 0. The fourth-order valence-electron chi connectivity index (χ4n) is 2.23. The van der Waals surface area contributed by atoms with Crippen molar-refractivity contribution in [2.45, 2.75) is 0 Å². The van der Waals surface area contributed by atoms with Crippen LogP contribution >= 0.6 is 0 Å². The number of carbonyl (C=O) groups excluding carboxylic acids is 1. The molecule has 0 unspecified atom stereocenters. The van der Waals surface area contributed by atoms with Crippen LogP contribution in [-0.2, 0) is 4.74 Å². The van der Waals surface area contributed by atoms with Crippen LogP contribution in [0.1, 0.15) is 10.4 Å². The lowest BCUT2D eigenvalue weighted by atomic mass is 10.1. The van der Waals surface area contributed by atoms with Crippen molar-refractivity contribution in [2.24, 2.45) is 0 Å². The molecule has 0 aliphatic carbocycles. The molecule has 0 saturated carbocycles. The molecule has 0 aliphatic heterocycles. The molecule has 3 aromatic rings. The number of aromatic nitrogens is 1. The Balaban J connectivity index is 2.15. The van der Waals surface area contributed by atoms with Gasteiger partial charge >= 0.3 is 5.97 Å². The standard InChI is InChI=1S/C16H12FNO2/c1-20-16(19)12-3-2-4-14-13(12)9-15(18-14)10-5-7-11(17)8-6-10/h2-9,18H,1H3. The minimum absolute atomic E-state index is 0.278. The number of ether oxygens (including phenoxy) is 1. The highest BCUT2D eigenvalue weighted by Gasteiger charge is 2.12. The van der Waals surface area contributed by atoms with E-state index >= 15 is 0 Å². The zero-order chi connectivity index (χ0) is 14.1. The van der Waals surface area contributed by atoms with Crippen molar-refractivity contribution in [1.82, 2.24) is 4.98 Å². The van der Waals surface area contributed by atoms with Gasteiger partial charge in [0.25, 0.3) is 0 Å². The number of carbonyl (C=O) groups is 1. The number of hydrogen-bond donors (Lipinski definition) is 1. The van der Waals surface area contributed by atoms with Gasteiger partial charge in [-0.3, -0.25) is 0 Å². The first kappa shape index (κ1) is 12.4. The average Bonchev–Trinajstić information content (AvgIpc) is 2.91. The molecule has 1 N–H and O–H groups in total. The summed E-state index contributed by atoms with van der Waals surface area (Å²) < 4.78 is 17.7. The van der Waals surface area contributed by atoms with Crippen molar-refractivity contribution >= 4 is 16.9 Å². The van der Waals surface area contributed by atoms with E-state index in [4.69, 9.17) is 4.74 Å². The minimum atomic E-state index is -0.375. The summed E-state index contributed by atoms with van der Waals surface area (Å²) in [7, 11) is 1.36. The third kappa shape index (κ3) is 2.05. The second-order valence-corrected chi connectivity index (χ2v) is 4.45. The molecule has 0 atom stereocenters. The number of rotatable bonds is 2. The van der Waals surface area contributed by atoms with Gasteiger partial charge in [0.05, 0.1) is 12.7 Å². The van der Waals surface area contributed by atoms with Crippen LogP contribution in [0.15, 0.2) is 48.5 Å². The number of halogens is 1. The second-order valence-electron chi connectivity index (χ2n) is 4.45. The van der Waals surface area contributed by atoms with Gasteiger partial charge in [-0.15, -0.1) is 0 Å². The first-order chi connectivity index (χ1) is 9.69. The number of hydrogen-bond acceptors (Lipinski definition) is 2. The predicted molar refractivity (Wildman–Crippen MR) is 75.0 cm³/mol. The fraction of sp³-hybridized carbons (Fsp3) is 0.0625. The number of esters is 1. The number of nitrogens with one attached hydrogen (secondary N) is 1. The molecule has 4 heteroatoms. The van der Waals surface area contributed by atoms with Crippen molar-refractivity contribution in [3.05, 3.63) is 59.9 Å². The number of aromatic amines is 1. The van der Waals surface area contributed by atoms with E-state index < -0.39 is 0 Å². The molecule has 0 spiro atoms. The maximum atomic E-state index is 13.0. The Hall–Kier alpha value is -2.62. The summed E-state index contributed by atoms with van der Waals surface area (Å²) in [6.07, 6.45) is 0. The quantitative estimate of drug-likeness (QED) is 0.720. The second kappa shape index (κ2) is 4.81. The summed E-state index contributed by atoms with van der Waals surface area (Å²) in [5.74, 6) is -0.652. The molecule has 1 heterocycles. The van der Waals surface area contributed by atoms with Crippen LogP contribution in [0.4, 0.5) is 4.39 Å². The minimum Gasteiger partial charge on any atom is -0.465 e. The highest BCUT2D eigenvalue weighted by Crippen LogP contribution is 2.27. The molecule has 1 aromatic heterocycles. The molecule has 0 radical (unpaired) electrons. The summed E-state index contributed by atoms with van der Waals surface area (Å²) >= 11 is 0. The van der Waals surface area contributed by atoms with Crippen LogP contribution in [0.25, 0.3) is 22.2 Å². The van der Waals surface area contributed by atoms with Crippen molar-refractivity contribution in [2.75, 3.05) is 7.11 Å². The number of methoxy groups -OCH3 is 1. The van der Waals surface area contributed by atoms with Crippen LogP contribution in [0, 0.1) is 5.82 Å². The Morgan fingerprint density at radius 3 is 2.60 bits per heavy atom. The molecule has 20 heavy (non-hydrogen) atoms. The SMILES string of the molecule is COC(=O)c1cccc2[nH]c(-c3ccc(F)cc3)cc12. The monoisotopic (exact) mass is 269 g/mol. The summed E-state index contributed by atoms with van der Waals surface area (Å²) in [5.41, 5.74) is 3.04. The largest absolute Gasteiger partial charge is 0.465 e. The molecule has 0 bridgehead atoms. The van der Waals surface area contributed by atoms with Gasteiger partial charge in [0.2, 0.25) is 0 Å². The molecular formula is C16H12FNO2. The molecule has 3 nitrogen and oxygen atoms in total. The summed E-state index contributed by atoms with van der Waals surface area (Å²) in [4.78, 5) is 15.0. The third-order valence-electron chi connectivity index (χ3n) is 3.22. The Bertz CT molecular complexity index is 775. The molecule has 0 saturated heterocycles. The van der Waals surface area contributed by atoms with Gasteiger partial charge in [-0.05, 0) is 48.0 Å². The smallest absolute Gasteiger partial charge is 0.338 e. The summed E-state index contributed by atoms with van der Waals surface area (Å²) in [5, 5.41) is 0.790. The first-order valence-electron chi connectivity index (χ1n) is 6.15. The molecule has 0 amide bonds. The van der Waals surface area contributed by atoms with E-state index in [-0.39, 0.29) is 11.8 Å². The van der Waals surface area contributed by atoms with Gasteiger partial charge in [-0.1, -0.05) is 6.07 Å². The number of H-pyrrole nitrogens is 1. The molecule has 3 rings (SSSR count). The fourth-order valence-corrected chi connectivity index (χ4v) is 2.23. The lowest BCUT2D eigenvalue weighted by Gasteiger charge is -1.99. The zero-order valence-corrected chi connectivity index (χ0v) is 10.8. The maximum Gasteiger partial charge on any atom is 0.338 e. The topological polar surface area (TPSA) is 42.1 Å². The number of benzene rings is 2. The molecule has 100 valence electrons. The van der Waals surface area contributed by atoms with Gasteiger partial charge in [0.1, 0.15) is 5.82 Å². The van der Waals surface area contributed by atoms with Crippen LogP contribution in [0.5, 0.6) is 0 Å². The predicted octanol–water partition coefficient (Wildman–Crippen LogP) is 3.76. The van der Waals surface area contributed by atoms with E-state index in [0.717, 1.165) is 22.2 Å². The summed E-state index contributed by atoms with van der Waals surface area (Å²) in [6, 6.07) is 13.5. The Morgan fingerprint density at radius 1 is 1.15 bits per heavy atom. The Labute approximate surface area is 115 Å². The van der Waals surface area contributed by atoms with Crippen LogP contribution in [-0.4, -0.2) is 18.1 Å². The van der Waals surface area contributed by atoms with Gasteiger partial charge in [-0.25, -0.2) is 9.18 Å². The lowest BCUT2D eigenvalue weighted by Crippen LogP contribution is -2.00. The van der Waals surface area contributed by atoms with Crippen molar-refractivity contribution < 1.29 is 13.9 Å². The van der Waals surface area contributed by atoms with E-state index in [0.29, 0.717) is 5.56 Å². The van der Waals surface area contributed by atoms with Gasteiger partial charge in [-0.2, -0.15) is 0 Å². The van der Waals surface area contributed by atoms with Crippen LogP contribution in [0.3, 0.4) is 0 Å². The van der Waals surface area contributed by atoms with Crippen molar-refractivity contribution in [1.29, 1.82) is 0 Å². The van der Waals surface area contributed by atoms with Gasteiger partial charge in [0.15, 0.2) is 0 Å². The van der Waals surface area contributed by atoms with Crippen LogP contribution < -0.4 is 0 Å². The van der Waals surface area contributed by atoms with Crippen molar-refractivity contribution in [3.8, 4) is 11.3 Å². The number of fused-ring (bicyclic) bond motifs is 1. The zero-order valence-electron chi connectivity index (χ0n) is 10.8.